The largest absolute Gasteiger partial charge is 0.445 e. The summed E-state index contributed by atoms with van der Waals surface area (Å²) in [6, 6.07) is 15.7. The number of halogens is 1. The van der Waals surface area contributed by atoms with Gasteiger partial charge in [0.15, 0.2) is 0 Å². The van der Waals surface area contributed by atoms with E-state index in [2.05, 4.69) is 10.1 Å². The first kappa shape index (κ1) is 17.5. The summed E-state index contributed by atoms with van der Waals surface area (Å²) in [6.45, 7) is 0.246. The molecule has 3 N–H and O–H groups in total. The number of amides is 2. The van der Waals surface area contributed by atoms with Crippen molar-refractivity contribution in [1.82, 2.24) is 5.32 Å². The van der Waals surface area contributed by atoms with Crippen LogP contribution in [0.2, 0.25) is 0 Å². The summed E-state index contributed by atoms with van der Waals surface area (Å²) in [7, 11) is 0. The lowest BCUT2D eigenvalue weighted by Gasteiger charge is -2.09. The summed E-state index contributed by atoms with van der Waals surface area (Å²) in [5, 5.41) is 2.79. The average Bonchev–Trinajstić information content (AvgIpc) is 3.01. The van der Waals surface area contributed by atoms with Gasteiger partial charge in [-0.15, -0.1) is 0 Å². The fraction of sp³-hybridized carbons (Fsp3) is 0.222. The maximum Gasteiger partial charge on any atom is 0.404 e. The Labute approximate surface area is 139 Å². The van der Waals surface area contributed by atoms with Crippen LogP contribution in [0, 0.1) is 5.82 Å². The summed E-state index contributed by atoms with van der Waals surface area (Å²) < 4.78 is 17.4. The monoisotopic (exact) mass is 330 g/mol. The number of ether oxygens (including phenoxy) is 1. The van der Waals surface area contributed by atoms with Crippen LogP contribution in [0.1, 0.15) is 30.0 Å². The fourth-order valence-corrected chi connectivity index (χ4v) is 2.32. The molecule has 1 fully saturated rings. The van der Waals surface area contributed by atoms with Crippen molar-refractivity contribution in [3.05, 3.63) is 71.5 Å². The summed E-state index contributed by atoms with van der Waals surface area (Å²) >= 11 is 0. The van der Waals surface area contributed by atoms with Crippen LogP contribution in [0.25, 0.3) is 0 Å². The molecule has 2 aromatic rings. The standard InChI is InChI=1S/C10H10FNO.C8H9NO2/c11-8-3-1-2-7(6-8)9-4-5-10(13)12-9;9-8(10)11-6-7-4-2-1-3-5-7/h1-3,6,9H,4-5H2,(H,12,13);1-5H,6H2,(H2,9,10). The van der Waals surface area contributed by atoms with Crippen LogP contribution in [0.3, 0.4) is 0 Å². The molecule has 0 aliphatic carbocycles. The van der Waals surface area contributed by atoms with Crippen LogP contribution in [0.15, 0.2) is 54.6 Å². The zero-order chi connectivity index (χ0) is 17.4. The van der Waals surface area contributed by atoms with E-state index in [-0.39, 0.29) is 24.4 Å². The van der Waals surface area contributed by atoms with Gasteiger partial charge in [0, 0.05) is 6.42 Å². The molecule has 3 rings (SSSR count). The molecular weight excluding hydrogens is 311 g/mol. The molecular formula is C18H19FN2O3. The molecule has 1 saturated heterocycles. The molecule has 0 saturated carbocycles. The van der Waals surface area contributed by atoms with Crippen molar-refractivity contribution in [3.63, 3.8) is 0 Å². The van der Waals surface area contributed by atoms with Crippen LogP contribution in [-0.4, -0.2) is 12.0 Å². The molecule has 2 aromatic carbocycles. The maximum atomic E-state index is 12.8. The highest BCUT2D eigenvalue weighted by atomic mass is 19.1. The number of hydrogen-bond donors (Lipinski definition) is 2. The lowest BCUT2D eigenvalue weighted by molar-refractivity contribution is -0.119. The van der Waals surface area contributed by atoms with Crippen molar-refractivity contribution >= 4 is 12.0 Å². The Morgan fingerprint density at radius 2 is 1.96 bits per heavy atom. The molecule has 126 valence electrons. The van der Waals surface area contributed by atoms with Gasteiger partial charge in [0.05, 0.1) is 6.04 Å². The lowest BCUT2D eigenvalue weighted by Crippen LogP contribution is -2.18. The van der Waals surface area contributed by atoms with E-state index in [0.717, 1.165) is 17.5 Å². The van der Waals surface area contributed by atoms with Gasteiger partial charge in [-0.25, -0.2) is 9.18 Å². The minimum atomic E-state index is -0.742. The zero-order valence-corrected chi connectivity index (χ0v) is 13.1. The molecule has 24 heavy (non-hydrogen) atoms. The molecule has 1 aliphatic rings. The van der Waals surface area contributed by atoms with Gasteiger partial charge in [0.25, 0.3) is 0 Å². The third-order valence-corrected chi connectivity index (χ3v) is 3.47. The molecule has 0 bridgehead atoms. The summed E-state index contributed by atoms with van der Waals surface area (Å²) in [5.74, 6) is -0.201. The molecule has 1 atom stereocenters. The van der Waals surface area contributed by atoms with Crippen LogP contribution >= 0.6 is 0 Å². The second kappa shape index (κ2) is 8.67. The topological polar surface area (TPSA) is 81.4 Å². The first-order valence-corrected chi connectivity index (χ1v) is 7.55. The van der Waals surface area contributed by atoms with Crippen molar-refractivity contribution in [2.24, 2.45) is 5.73 Å². The van der Waals surface area contributed by atoms with Gasteiger partial charge in [-0.3, -0.25) is 4.79 Å². The molecule has 5 nitrogen and oxygen atoms in total. The van der Waals surface area contributed by atoms with Crippen LogP contribution in [0.5, 0.6) is 0 Å². The number of nitrogens with two attached hydrogens (primary N) is 1. The van der Waals surface area contributed by atoms with Gasteiger partial charge in [0.1, 0.15) is 12.4 Å². The maximum absolute atomic E-state index is 12.8. The number of benzene rings is 2. The van der Waals surface area contributed by atoms with Gasteiger partial charge in [-0.1, -0.05) is 42.5 Å². The van der Waals surface area contributed by atoms with Gasteiger partial charge < -0.3 is 15.8 Å². The molecule has 0 spiro atoms. The fourth-order valence-electron chi connectivity index (χ4n) is 2.32. The first-order valence-electron chi connectivity index (χ1n) is 7.55. The number of nitrogens with one attached hydrogen (secondary N) is 1. The second-order valence-electron chi connectivity index (χ2n) is 5.31. The number of carbonyl (C=O) groups excluding carboxylic acids is 2. The third-order valence-electron chi connectivity index (χ3n) is 3.47. The van der Waals surface area contributed by atoms with Gasteiger partial charge in [-0.2, -0.15) is 0 Å². The van der Waals surface area contributed by atoms with E-state index in [1.54, 1.807) is 6.07 Å². The molecule has 1 heterocycles. The Balaban J connectivity index is 0.000000177. The number of hydrogen-bond acceptors (Lipinski definition) is 3. The van der Waals surface area contributed by atoms with Gasteiger partial charge in [0.2, 0.25) is 5.91 Å². The quantitative estimate of drug-likeness (QED) is 0.907. The number of primary amides is 1. The van der Waals surface area contributed by atoms with Crippen molar-refractivity contribution in [2.75, 3.05) is 0 Å². The van der Waals surface area contributed by atoms with E-state index in [1.807, 2.05) is 36.4 Å². The second-order valence-corrected chi connectivity index (χ2v) is 5.31. The lowest BCUT2D eigenvalue weighted by atomic mass is 10.1. The van der Waals surface area contributed by atoms with E-state index in [9.17, 15) is 14.0 Å². The smallest absolute Gasteiger partial charge is 0.404 e. The summed E-state index contributed by atoms with van der Waals surface area (Å²) in [4.78, 5) is 21.1. The molecule has 0 aromatic heterocycles. The predicted molar refractivity (Wildman–Crippen MR) is 87.3 cm³/mol. The van der Waals surface area contributed by atoms with E-state index in [0.29, 0.717) is 6.42 Å². The van der Waals surface area contributed by atoms with Crippen LogP contribution in [-0.2, 0) is 16.1 Å². The van der Waals surface area contributed by atoms with Gasteiger partial charge >= 0.3 is 6.09 Å². The molecule has 2 amide bonds. The van der Waals surface area contributed by atoms with Crippen LogP contribution in [0.4, 0.5) is 9.18 Å². The minimum absolute atomic E-state index is 0.00296. The Hall–Kier alpha value is -2.89. The third kappa shape index (κ3) is 5.72. The first-order chi connectivity index (χ1) is 11.5. The Kier molecular flexibility index (Phi) is 6.31. The van der Waals surface area contributed by atoms with Gasteiger partial charge in [-0.05, 0) is 29.7 Å². The van der Waals surface area contributed by atoms with Crippen molar-refractivity contribution in [3.8, 4) is 0 Å². The Bertz CT molecular complexity index is 692. The highest BCUT2D eigenvalue weighted by Gasteiger charge is 2.22. The molecule has 6 heteroatoms. The number of rotatable bonds is 3. The summed E-state index contributed by atoms with van der Waals surface area (Å²) in [6.07, 6.45) is 0.567. The Morgan fingerprint density at radius 3 is 2.54 bits per heavy atom. The van der Waals surface area contributed by atoms with E-state index < -0.39 is 6.09 Å². The molecule has 0 radical (unpaired) electrons. The highest BCUT2D eigenvalue weighted by Crippen LogP contribution is 2.23. The normalized spacial score (nSPS) is 15.9. The highest BCUT2D eigenvalue weighted by molar-refractivity contribution is 5.78. The zero-order valence-electron chi connectivity index (χ0n) is 13.1. The van der Waals surface area contributed by atoms with Crippen molar-refractivity contribution in [1.29, 1.82) is 0 Å². The van der Waals surface area contributed by atoms with Crippen molar-refractivity contribution < 1.29 is 18.7 Å². The average molecular weight is 330 g/mol. The van der Waals surface area contributed by atoms with E-state index in [1.165, 1.54) is 12.1 Å². The molecule has 1 unspecified atom stereocenters. The predicted octanol–water partition coefficient (Wildman–Crippen LogP) is 3.06. The number of carbonyl (C=O) groups is 2. The SMILES string of the molecule is NC(=O)OCc1ccccc1.O=C1CCC(c2cccc(F)c2)N1. The van der Waals surface area contributed by atoms with E-state index >= 15 is 0 Å². The van der Waals surface area contributed by atoms with Crippen LogP contribution < -0.4 is 11.1 Å². The van der Waals surface area contributed by atoms with Crippen molar-refractivity contribution in [2.45, 2.75) is 25.5 Å². The van der Waals surface area contributed by atoms with E-state index in [4.69, 9.17) is 5.73 Å². The summed E-state index contributed by atoms with van der Waals surface area (Å²) in [5.41, 5.74) is 6.57. The Morgan fingerprint density at radius 1 is 1.21 bits per heavy atom. The molecule has 1 aliphatic heterocycles. The minimum Gasteiger partial charge on any atom is -0.445 e.